The van der Waals surface area contributed by atoms with Crippen molar-refractivity contribution in [1.29, 1.82) is 0 Å². The number of nitrogens with zero attached hydrogens (tertiary/aromatic N) is 1. The van der Waals surface area contributed by atoms with Crippen molar-refractivity contribution in [3.05, 3.63) is 169 Å². The average molecular weight is 666 g/mol. The van der Waals surface area contributed by atoms with Crippen molar-refractivity contribution in [1.82, 2.24) is 4.57 Å². The molecule has 3 heterocycles. The molecule has 2 aliphatic rings. The van der Waals surface area contributed by atoms with E-state index in [2.05, 4.69) is 176 Å². The van der Waals surface area contributed by atoms with E-state index in [0.29, 0.717) is 0 Å². The molecule has 0 amide bonds. The van der Waals surface area contributed by atoms with Crippen LogP contribution in [0.1, 0.15) is 11.1 Å². The summed E-state index contributed by atoms with van der Waals surface area (Å²) in [5.41, 5.74) is 13.9. The zero-order chi connectivity index (χ0) is 34.5. The molecule has 0 aliphatic carbocycles. The number of aromatic nitrogens is 1. The molecule has 0 radical (unpaired) electrons. The maximum absolute atomic E-state index is 6.99. The minimum absolute atomic E-state index is 0.0366. The van der Waals surface area contributed by atoms with Crippen molar-refractivity contribution in [3.8, 4) is 50.9 Å². The second kappa shape index (κ2) is 11.0. The highest BCUT2D eigenvalue weighted by Gasteiger charge is 2.41. The molecule has 0 bridgehead atoms. The van der Waals surface area contributed by atoms with Crippen molar-refractivity contribution >= 4 is 55.7 Å². The third-order valence-corrected chi connectivity index (χ3v) is 11.2. The molecule has 4 heteroatoms. The van der Waals surface area contributed by atoms with Gasteiger partial charge in [-0.2, -0.15) is 0 Å². The zero-order valence-electron chi connectivity index (χ0n) is 28.9. The van der Waals surface area contributed by atoms with Crippen LogP contribution in [0.25, 0.3) is 60.5 Å². The second-order valence-electron chi connectivity index (χ2n) is 14.2. The zero-order valence-corrected chi connectivity index (χ0v) is 28.9. The van der Waals surface area contributed by atoms with E-state index in [0.717, 1.165) is 67.2 Å². The number of fused-ring (bicyclic) bond motifs is 8. The Morgan fingerprint density at radius 2 is 0.981 bits per heavy atom. The fourth-order valence-corrected chi connectivity index (χ4v) is 8.67. The van der Waals surface area contributed by atoms with Gasteiger partial charge in [-0.25, -0.2) is 0 Å². The van der Waals surface area contributed by atoms with Gasteiger partial charge in [0.15, 0.2) is 0 Å². The molecule has 2 aliphatic heterocycles. The SMILES string of the molecule is Cc1ccccc1-c1ccc2c(c1)Oc1cc(-n3c4ccccc4c4cc5ccccc5cc43)cc3c1B2c1ccc(-c2ccccc2C)cc1O3. The topological polar surface area (TPSA) is 23.4 Å². The second-order valence-corrected chi connectivity index (χ2v) is 14.2. The average Bonchev–Trinajstić information content (AvgIpc) is 3.49. The normalized spacial score (nSPS) is 12.7. The number of para-hydroxylation sites is 1. The highest BCUT2D eigenvalue weighted by atomic mass is 16.5. The molecular weight excluding hydrogens is 633 g/mol. The van der Waals surface area contributed by atoms with E-state index in [4.69, 9.17) is 9.47 Å². The molecule has 0 spiro atoms. The highest BCUT2D eigenvalue weighted by Crippen LogP contribution is 2.42. The Bertz CT molecular complexity index is 2840. The predicted molar refractivity (Wildman–Crippen MR) is 216 cm³/mol. The van der Waals surface area contributed by atoms with Crippen molar-refractivity contribution in [2.45, 2.75) is 13.8 Å². The van der Waals surface area contributed by atoms with Crippen molar-refractivity contribution in [3.63, 3.8) is 0 Å². The minimum atomic E-state index is -0.0366. The van der Waals surface area contributed by atoms with E-state index in [1.165, 1.54) is 43.8 Å². The van der Waals surface area contributed by atoms with Gasteiger partial charge in [-0.1, -0.05) is 115 Å². The smallest absolute Gasteiger partial charge is 0.260 e. The first-order valence-electron chi connectivity index (χ1n) is 17.9. The van der Waals surface area contributed by atoms with E-state index in [1.807, 2.05) is 0 Å². The van der Waals surface area contributed by atoms with Gasteiger partial charge in [0, 0.05) is 28.4 Å². The molecule has 3 nitrogen and oxygen atoms in total. The third-order valence-electron chi connectivity index (χ3n) is 11.2. The molecule has 52 heavy (non-hydrogen) atoms. The summed E-state index contributed by atoms with van der Waals surface area (Å²) >= 11 is 0. The van der Waals surface area contributed by atoms with E-state index >= 15 is 0 Å². The van der Waals surface area contributed by atoms with Crippen LogP contribution in [-0.4, -0.2) is 11.3 Å². The van der Waals surface area contributed by atoms with Crippen LogP contribution in [-0.2, 0) is 0 Å². The van der Waals surface area contributed by atoms with Crippen LogP contribution >= 0.6 is 0 Å². The molecule has 8 aromatic carbocycles. The lowest BCUT2D eigenvalue weighted by atomic mass is 9.34. The summed E-state index contributed by atoms with van der Waals surface area (Å²) < 4.78 is 16.3. The molecule has 1 aromatic heterocycles. The van der Waals surface area contributed by atoms with Gasteiger partial charge in [0.25, 0.3) is 6.71 Å². The standard InChI is InChI=1S/C48H32BNO2/c1-29-11-3-7-15-36(29)33-19-21-40-44(25-33)51-46-27-35(50-42-18-10-9-17-38(42)39-23-31-13-5-6-14-32(31)24-43(39)50)28-47-48(46)49(40)41-22-20-34(26-45(41)52-47)37-16-8-4-12-30(37)2/h3-28H,1-2H3. The monoisotopic (exact) mass is 665 g/mol. The van der Waals surface area contributed by atoms with Crippen LogP contribution < -0.4 is 25.9 Å². The van der Waals surface area contributed by atoms with Gasteiger partial charge in [0.05, 0.1) is 16.7 Å². The number of hydrogen-bond acceptors (Lipinski definition) is 2. The first kappa shape index (κ1) is 29.2. The van der Waals surface area contributed by atoms with Crippen LogP contribution in [0, 0.1) is 13.8 Å². The Morgan fingerprint density at radius 1 is 0.442 bits per heavy atom. The lowest BCUT2D eigenvalue weighted by Gasteiger charge is -2.34. The van der Waals surface area contributed by atoms with Gasteiger partial charge < -0.3 is 14.0 Å². The van der Waals surface area contributed by atoms with Gasteiger partial charge in [0.2, 0.25) is 0 Å². The fraction of sp³-hybridized carbons (Fsp3) is 0.0417. The van der Waals surface area contributed by atoms with Gasteiger partial charge in [-0.05, 0) is 99.3 Å². The van der Waals surface area contributed by atoms with Gasteiger partial charge >= 0.3 is 0 Å². The Labute approximate surface area is 302 Å². The number of ether oxygens (including phenoxy) is 2. The fourth-order valence-electron chi connectivity index (χ4n) is 8.67. The Balaban J connectivity index is 1.16. The van der Waals surface area contributed by atoms with Crippen molar-refractivity contribution in [2.24, 2.45) is 0 Å². The van der Waals surface area contributed by atoms with E-state index in [-0.39, 0.29) is 6.71 Å². The van der Waals surface area contributed by atoms with Crippen molar-refractivity contribution < 1.29 is 9.47 Å². The van der Waals surface area contributed by atoms with Crippen LogP contribution in [0.15, 0.2) is 158 Å². The summed E-state index contributed by atoms with van der Waals surface area (Å²) in [5, 5.41) is 4.88. The number of hydrogen-bond donors (Lipinski definition) is 0. The van der Waals surface area contributed by atoms with Gasteiger partial charge in [-0.3, -0.25) is 0 Å². The maximum atomic E-state index is 6.99. The van der Waals surface area contributed by atoms with Gasteiger partial charge in [-0.15, -0.1) is 0 Å². The number of rotatable bonds is 3. The third kappa shape index (κ3) is 4.28. The largest absolute Gasteiger partial charge is 0.458 e. The Kier molecular flexibility index (Phi) is 6.18. The number of aryl methyl sites for hydroxylation is 2. The molecule has 0 unspecified atom stereocenters. The maximum Gasteiger partial charge on any atom is 0.260 e. The van der Waals surface area contributed by atoms with Gasteiger partial charge in [0.1, 0.15) is 23.0 Å². The predicted octanol–water partition coefficient (Wildman–Crippen LogP) is 10.6. The lowest BCUT2D eigenvalue weighted by Crippen LogP contribution is -2.57. The molecule has 0 fully saturated rings. The molecule has 0 N–H and O–H groups in total. The van der Waals surface area contributed by atoms with Crippen LogP contribution in [0.5, 0.6) is 23.0 Å². The Morgan fingerprint density at radius 3 is 1.60 bits per heavy atom. The summed E-state index contributed by atoms with van der Waals surface area (Å²) in [7, 11) is 0. The summed E-state index contributed by atoms with van der Waals surface area (Å²) in [4.78, 5) is 0. The molecule has 11 rings (SSSR count). The summed E-state index contributed by atoms with van der Waals surface area (Å²) in [5.74, 6) is 3.41. The summed E-state index contributed by atoms with van der Waals surface area (Å²) in [6.07, 6.45) is 0. The summed E-state index contributed by atoms with van der Waals surface area (Å²) in [6.45, 7) is 4.30. The highest BCUT2D eigenvalue weighted by molar-refractivity contribution is 6.98. The summed E-state index contributed by atoms with van der Waals surface area (Å²) in [6, 6.07) is 56.9. The minimum Gasteiger partial charge on any atom is -0.458 e. The first-order chi connectivity index (χ1) is 25.6. The quantitative estimate of drug-likeness (QED) is 0.175. The molecular formula is C48H32BNO2. The molecule has 244 valence electrons. The van der Waals surface area contributed by atoms with Crippen LogP contribution in [0.4, 0.5) is 0 Å². The van der Waals surface area contributed by atoms with Crippen LogP contribution in [0.3, 0.4) is 0 Å². The van der Waals surface area contributed by atoms with E-state index < -0.39 is 0 Å². The molecule has 0 atom stereocenters. The first-order valence-corrected chi connectivity index (χ1v) is 17.9. The van der Waals surface area contributed by atoms with Crippen LogP contribution in [0.2, 0.25) is 0 Å². The number of benzene rings is 8. The lowest BCUT2D eigenvalue weighted by molar-refractivity contribution is 0.464. The molecule has 0 saturated heterocycles. The van der Waals surface area contributed by atoms with E-state index in [1.54, 1.807) is 0 Å². The van der Waals surface area contributed by atoms with Crippen molar-refractivity contribution in [2.75, 3.05) is 0 Å². The van der Waals surface area contributed by atoms with E-state index in [9.17, 15) is 0 Å². The Hall–Kier alpha value is -6.52. The molecule has 0 saturated carbocycles. The molecule has 9 aromatic rings.